The van der Waals surface area contributed by atoms with E-state index in [1.807, 2.05) is 36.4 Å². The second-order valence-electron chi connectivity index (χ2n) is 11.7. The van der Waals surface area contributed by atoms with Gasteiger partial charge in [-0.3, -0.25) is 4.79 Å². The predicted octanol–water partition coefficient (Wildman–Crippen LogP) is 5.66. The summed E-state index contributed by atoms with van der Waals surface area (Å²) in [7, 11) is -3.76. The second kappa shape index (κ2) is 6.75. The average Bonchev–Trinajstić information content (AvgIpc) is 3.42. The predicted molar refractivity (Wildman–Crippen MR) is 136 cm³/mol. The van der Waals surface area contributed by atoms with Gasteiger partial charge in [0.1, 0.15) is 5.78 Å². The maximum atomic E-state index is 14.0. The van der Waals surface area contributed by atoms with Crippen LogP contribution in [0.3, 0.4) is 0 Å². The Hall–Kier alpha value is -2.60. The molecular formula is C28H32N2O3S. The van der Waals surface area contributed by atoms with Crippen molar-refractivity contribution in [1.82, 2.24) is 3.97 Å². The van der Waals surface area contributed by atoms with Crippen LogP contribution in [0.2, 0.25) is 0 Å². The summed E-state index contributed by atoms with van der Waals surface area (Å²) in [5.41, 5.74) is 2.68. The normalized spacial score (nSPS) is 28.9. The highest BCUT2D eigenvalue weighted by atomic mass is 32.2. The lowest BCUT2D eigenvalue weighted by atomic mass is 9.70. The highest BCUT2D eigenvalue weighted by molar-refractivity contribution is 7.90. The minimum Gasteiger partial charge on any atom is -0.377 e. The van der Waals surface area contributed by atoms with Gasteiger partial charge in [-0.05, 0) is 41.9 Å². The van der Waals surface area contributed by atoms with E-state index in [1.54, 1.807) is 6.20 Å². The first-order chi connectivity index (χ1) is 16.0. The van der Waals surface area contributed by atoms with Crippen molar-refractivity contribution in [3.05, 3.63) is 65.9 Å². The molecule has 1 N–H and O–H groups in total. The molecule has 3 aliphatic rings. The number of ketones is 1. The van der Waals surface area contributed by atoms with Crippen molar-refractivity contribution in [2.24, 2.45) is 16.7 Å². The van der Waals surface area contributed by atoms with E-state index in [1.165, 1.54) is 9.54 Å². The summed E-state index contributed by atoms with van der Waals surface area (Å²) in [4.78, 5) is 13.1. The van der Waals surface area contributed by atoms with Crippen LogP contribution in [-0.4, -0.2) is 23.9 Å². The molecule has 178 valence electrons. The number of rotatable bonds is 4. The zero-order valence-electron chi connectivity index (χ0n) is 20.3. The number of Topliss-reactive ketones (excluding diaryl/α,β-unsaturated/α-hetero) is 1. The number of hydrogen-bond acceptors (Lipinski definition) is 4. The van der Waals surface area contributed by atoms with Gasteiger partial charge < -0.3 is 5.32 Å². The van der Waals surface area contributed by atoms with Crippen molar-refractivity contribution in [2.45, 2.75) is 58.4 Å². The zero-order chi connectivity index (χ0) is 24.1. The van der Waals surface area contributed by atoms with Crippen LogP contribution in [0.4, 0.5) is 5.69 Å². The summed E-state index contributed by atoms with van der Waals surface area (Å²) in [5, 5.41) is 4.59. The minimum absolute atomic E-state index is 0.0650. The Morgan fingerprint density at radius 1 is 1.03 bits per heavy atom. The minimum atomic E-state index is -3.76. The van der Waals surface area contributed by atoms with Gasteiger partial charge in [0, 0.05) is 34.7 Å². The second-order valence-corrected chi connectivity index (χ2v) is 13.5. The molecule has 1 aromatic heterocycles. The van der Waals surface area contributed by atoms with Crippen LogP contribution in [0.1, 0.15) is 64.1 Å². The molecule has 2 fully saturated rings. The molecule has 3 atom stereocenters. The topological polar surface area (TPSA) is 68.2 Å². The molecule has 2 heterocycles. The van der Waals surface area contributed by atoms with Crippen molar-refractivity contribution >= 4 is 32.4 Å². The number of nitrogens with one attached hydrogen (secondary N) is 1. The number of fused-ring (bicyclic) bond motifs is 4. The SMILES string of the molecule is CC1(C)c2ccccc2NC1c1cn(S(=O)(=O)C[C@]23CC[C@@H](CC2=O)C3(C)C)c2ccccc12. The molecule has 34 heavy (non-hydrogen) atoms. The Balaban J connectivity index is 1.47. The van der Waals surface area contributed by atoms with Gasteiger partial charge in [-0.2, -0.15) is 0 Å². The number of benzene rings is 2. The van der Waals surface area contributed by atoms with Crippen molar-refractivity contribution < 1.29 is 13.2 Å². The number of carbonyl (C=O) groups is 1. The van der Waals surface area contributed by atoms with Crippen molar-refractivity contribution in [3.8, 4) is 0 Å². The van der Waals surface area contributed by atoms with E-state index < -0.39 is 15.4 Å². The third kappa shape index (κ3) is 2.66. The van der Waals surface area contributed by atoms with Gasteiger partial charge in [0.25, 0.3) is 0 Å². The Morgan fingerprint density at radius 2 is 1.74 bits per heavy atom. The fourth-order valence-electron chi connectivity index (χ4n) is 7.25. The summed E-state index contributed by atoms with van der Waals surface area (Å²) in [5.74, 6) is 0.291. The highest BCUT2D eigenvalue weighted by Crippen LogP contribution is 2.64. The summed E-state index contributed by atoms with van der Waals surface area (Å²) in [6, 6.07) is 16.0. The third-order valence-electron chi connectivity index (χ3n) is 9.53. The maximum absolute atomic E-state index is 14.0. The molecule has 2 saturated carbocycles. The smallest absolute Gasteiger partial charge is 0.240 e. The quantitative estimate of drug-likeness (QED) is 0.528. The summed E-state index contributed by atoms with van der Waals surface area (Å²) in [6.45, 7) is 8.59. The molecule has 0 radical (unpaired) electrons. The van der Waals surface area contributed by atoms with E-state index in [9.17, 15) is 13.2 Å². The fourth-order valence-corrected chi connectivity index (χ4v) is 9.43. The highest BCUT2D eigenvalue weighted by Gasteiger charge is 2.65. The number of hydrogen-bond donors (Lipinski definition) is 1. The number of carbonyl (C=O) groups excluding carboxylic acids is 1. The van der Waals surface area contributed by atoms with Gasteiger partial charge in [-0.1, -0.05) is 64.1 Å². The number of aromatic nitrogens is 1. The lowest BCUT2D eigenvalue weighted by Crippen LogP contribution is -2.43. The first-order valence-electron chi connectivity index (χ1n) is 12.2. The first-order valence-corrected chi connectivity index (χ1v) is 13.8. The van der Waals surface area contributed by atoms with Crippen LogP contribution in [0.25, 0.3) is 10.9 Å². The van der Waals surface area contributed by atoms with Crippen molar-refractivity contribution in [1.29, 1.82) is 0 Å². The molecular weight excluding hydrogens is 444 g/mol. The van der Waals surface area contributed by atoms with Crippen LogP contribution in [0.5, 0.6) is 0 Å². The molecule has 5 nitrogen and oxygen atoms in total. The van der Waals surface area contributed by atoms with E-state index in [0.29, 0.717) is 18.4 Å². The van der Waals surface area contributed by atoms with Gasteiger partial charge in [0.15, 0.2) is 0 Å². The molecule has 6 heteroatoms. The first kappa shape index (κ1) is 21.9. The largest absolute Gasteiger partial charge is 0.377 e. The molecule has 0 amide bonds. The van der Waals surface area contributed by atoms with E-state index in [2.05, 4.69) is 45.1 Å². The molecule has 2 bridgehead atoms. The van der Waals surface area contributed by atoms with Gasteiger partial charge >= 0.3 is 0 Å². The van der Waals surface area contributed by atoms with Crippen LogP contribution in [0.15, 0.2) is 54.7 Å². The fraction of sp³-hybridized carbons (Fsp3) is 0.464. The van der Waals surface area contributed by atoms with E-state index in [0.717, 1.165) is 23.1 Å². The number of para-hydroxylation sites is 2. The molecule has 1 unspecified atom stereocenters. The molecule has 6 rings (SSSR count). The van der Waals surface area contributed by atoms with Crippen molar-refractivity contribution in [2.75, 3.05) is 11.1 Å². The third-order valence-corrected chi connectivity index (χ3v) is 11.3. The zero-order valence-corrected chi connectivity index (χ0v) is 21.1. The lowest BCUT2D eigenvalue weighted by Gasteiger charge is -2.36. The Labute approximate surface area is 201 Å². The van der Waals surface area contributed by atoms with E-state index in [4.69, 9.17) is 0 Å². The van der Waals surface area contributed by atoms with Crippen LogP contribution in [-0.2, 0) is 20.2 Å². The summed E-state index contributed by atoms with van der Waals surface area (Å²) in [6.07, 6.45) is 3.92. The molecule has 3 aromatic rings. The standard InChI is InChI=1S/C28H32N2O3S/c1-26(2)21-10-6-7-11-22(21)29-25(26)20-16-30(23-12-8-5-9-19(20)23)34(32,33)17-28-14-13-18(15-24(28)31)27(28,3)4/h5-12,16,18,25,29H,13-15,17H2,1-4H3/t18-,25?,28+/m0/s1. The van der Waals surface area contributed by atoms with E-state index in [-0.39, 0.29) is 34.3 Å². The van der Waals surface area contributed by atoms with Crippen LogP contribution >= 0.6 is 0 Å². The van der Waals surface area contributed by atoms with Gasteiger partial charge in [0.2, 0.25) is 10.0 Å². The Kier molecular flexibility index (Phi) is 4.35. The average molecular weight is 477 g/mol. The lowest BCUT2D eigenvalue weighted by molar-refractivity contribution is -0.128. The summed E-state index contributed by atoms with van der Waals surface area (Å²) < 4.78 is 29.5. The van der Waals surface area contributed by atoms with Gasteiger partial charge in [-0.25, -0.2) is 12.4 Å². The maximum Gasteiger partial charge on any atom is 0.240 e. The molecule has 0 saturated heterocycles. The molecule has 0 spiro atoms. The molecule has 2 aromatic carbocycles. The Bertz CT molecular complexity index is 1450. The van der Waals surface area contributed by atoms with Gasteiger partial charge in [-0.15, -0.1) is 0 Å². The van der Waals surface area contributed by atoms with E-state index >= 15 is 0 Å². The molecule has 1 aliphatic heterocycles. The summed E-state index contributed by atoms with van der Waals surface area (Å²) >= 11 is 0. The number of anilines is 1. The van der Waals surface area contributed by atoms with Crippen LogP contribution in [0, 0.1) is 16.7 Å². The number of nitrogens with zero attached hydrogens (tertiary/aromatic N) is 1. The monoisotopic (exact) mass is 476 g/mol. The van der Waals surface area contributed by atoms with Gasteiger partial charge in [0.05, 0.1) is 22.7 Å². The Morgan fingerprint density at radius 3 is 2.41 bits per heavy atom. The van der Waals surface area contributed by atoms with Crippen molar-refractivity contribution in [3.63, 3.8) is 0 Å². The molecule has 2 aliphatic carbocycles. The van der Waals surface area contributed by atoms with Crippen LogP contribution < -0.4 is 5.32 Å².